The van der Waals surface area contributed by atoms with Crippen molar-refractivity contribution in [3.8, 4) is 17.1 Å². The molecule has 1 unspecified atom stereocenters. The number of hydrogen-bond acceptors (Lipinski definition) is 11. The number of primary amides is 1. The van der Waals surface area contributed by atoms with Gasteiger partial charge in [-0.3, -0.25) is 24.2 Å². The molecular formula is C32H38N4O8. The molecule has 12 nitrogen and oxygen atoms in total. The van der Waals surface area contributed by atoms with Gasteiger partial charge in [0.2, 0.25) is 5.78 Å². The van der Waals surface area contributed by atoms with Crippen molar-refractivity contribution in [2.24, 2.45) is 17.6 Å². The average Bonchev–Trinajstić information content (AvgIpc) is 3.63. The topological polar surface area (TPSA) is 181 Å². The summed E-state index contributed by atoms with van der Waals surface area (Å²) in [5, 5.41) is 46.3. The fraction of sp³-hybridized carbons (Fsp3) is 0.469. The number of aliphatic hydroxyl groups is 3. The zero-order chi connectivity index (χ0) is 31.8. The molecule has 6 rings (SSSR count). The first-order valence-corrected chi connectivity index (χ1v) is 14.8. The fourth-order valence-corrected chi connectivity index (χ4v) is 7.65. The number of nitrogens with zero attached hydrogens (tertiary/aromatic N) is 3. The van der Waals surface area contributed by atoms with Gasteiger partial charge in [-0.25, -0.2) is 0 Å². The Kier molecular flexibility index (Phi) is 7.14. The van der Waals surface area contributed by atoms with Crippen molar-refractivity contribution in [2.75, 3.05) is 46.2 Å². The third kappa shape index (κ3) is 4.26. The van der Waals surface area contributed by atoms with Gasteiger partial charge >= 0.3 is 0 Å². The summed E-state index contributed by atoms with van der Waals surface area (Å²) in [6.45, 7) is 2.62. The summed E-state index contributed by atoms with van der Waals surface area (Å²) in [6.07, 6.45) is 2.50. The lowest BCUT2D eigenvalue weighted by atomic mass is 9.57. The quantitative estimate of drug-likeness (QED) is 0.303. The molecule has 12 heteroatoms. The van der Waals surface area contributed by atoms with Crippen LogP contribution in [0.5, 0.6) is 5.75 Å². The van der Waals surface area contributed by atoms with Gasteiger partial charge in [0.05, 0.1) is 23.7 Å². The molecule has 44 heavy (non-hydrogen) atoms. The second kappa shape index (κ2) is 10.5. The van der Waals surface area contributed by atoms with Crippen LogP contribution in [0.1, 0.15) is 36.1 Å². The van der Waals surface area contributed by atoms with E-state index in [1.165, 1.54) is 4.90 Å². The summed E-state index contributed by atoms with van der Waals surface area (Å²) in [5.74, 6) is -5.69. The summed E-state index contributed by atoms with van der Waals surface area (Å²) < 4.78 is 6.14. The number of aliphatic hydroxyl groups excluding tert-OH is 2. The molecule has 1 aliphatic heterocycles. The molecule has 1 aromatic heterocycles. The number of carbonyl (C=O) groups excluding carboxylic acids is 3. The largest absolute Gasteiger partial charge is 0.508 e. The lowest BCUT2D eigenvalue weighted by Crippen LogP contribution is -2.65. The van der Waals surface area contributed by atoms with Crippen molar-refractivity contribution >= 4 is 28.9 Å². The molecule has 1 amide bonds. The van der Waals surface area contributed by atoms with Gasteiger partial charge in [0, 0.05) is 31.3 Å². The zero-order valence-corrected chi connectivity index (χ0v) is 25.3. The number of likely N-dealkylation sites (tertiary alicyclic amines) is 1. The number of fused-ring (bicyclic) bond motifs is 3. The van der Waals surface area contributed by atoms with Crippen LogP contribution >= 0.6 is 0 Å². The van der Waals surface area contributed by atoms with Gasteiger partial charge in [-0.15, -0.1) is 0 Å². The molecular weight excluding hydrogens is 568 g/mol. The number of likely N-dealkylation sites (N-methyl/N-ethyl adjacent to an activating group) is 1. The molecule has 6 N–H and O–H groups in total. The highest BCUT2D eigenvalue weighted by Crippen LogP contribution is 2.55. The number of carbonyl (C=O) groups is 3. The van der Waals surface area contributed by atoms with Crippen LogP contribution in [0, 0.1) is 11.8 Å². The Morgan fingerprint density at radius 3 is 2.41 bits per heavy atom. The predicted molar refractivity (Wildman–Crippen MR) is 161 cm³/mol. The van der Waals surface area contributed by atoms with Gasteiger partial charge in [0.25, 0.3) is 5.91 Å². The molecule has 0 bridgehead atoms. The van der Waals surface area contributed by atoms with E-state index in [1.807, 2.05) is 25.1 Å². The van der Waals surface area contributed by atoms with Crippen molar-refractivity contribution in [1.82, 2.24) is 9.80 Å². The van der Waals surface area contributed by atoms with Crippen molar-refractivity contribution in [2.45, 2.75) is 43.9 Å². The maximum Gasteiger partial charge on any atom is 0.255 e. The predicted octanol–water partition coefficient (Wildman–Crippen LogP) is 1.89. The minimum absolute atomic E-state index is 0.0270. The number of phenolic OH excluding ortho intramolecular Hbond substituents is 1. The molecule has 2 aromatic rings. The van der Waals surface area contributed by atoms with Crippen LogP contribution in [-0.2, 0) is 27.3 Å². The molecule has 234 valence electrons. The third-order valence-corrected chi connectivity index (χ3v) is 9.68. The van der Waals surface area contributed by atoms with E-state index in [-0.39, 0.29) is 29.7 Å². The van der Waals surface area contributed by atoms with Crippen LogP contribution in [0.2, 0.25) is 0 Å². The normalized spacial score (nSPS) is 27.1. The maximum absolute atomic E-state index is 14.2. The third-order valence-electron chi connectivity index (χ3n) is 9.68. The van der Waals surface area contributed by atoms with Crippen LogP contribution in [0.4, 0.5) is 5.69 Å². The Bertz CT molecular complexity index is 1650. The monoisotopic (exact) mass is 606 g/mol. The number of furan rings is 1. The summed E-state index contributed by atoms with van der Waals surface area (Å²) in [6, 6.07) is 4.26. The van der Waals surface area contributed by atoms with Crippen LogP contribution < -0.4 is 10.6 Å². The van der Waals surface area contributed by atoms with E-state index >= 15 is 0 Å². The lowest BCUT2D eigenvalue weighted by molar-refractivity contribution is -0.153. The van der Waals surface area contributed by atoms with E-state index in [2.05, 4.69) is 4.90 Å². The van der Waals surface area contributed by atoms with E-state index < -0.39 is 58.0 Å². The highest BCUT2D eigenvalue weighted by Gasteiger charge is 2.64. The van der Waals surface area contributed by atoms with Gasteiger partial charge in [-0.2, -0.15) is 0 Å². The number of benzene rings is 1. The minimum atomic E-state index is -2.69. The number of nitrogens with two attached hydrogens (primary N) is 1. The first-order valence-electron chi connectivity index (χ1n) is 14.8. The first-order chi connectivity index (χ1) is 20.8. The number of Topliss-reactive ketones (excluding diaryl/α,β-unsaturated/α-hetero) is 2. The summed E-state index contributed by atoms with van der Waals surface area (Å²) >= 11 is 0. The number of aromatic hydroxyl groups is 1. The van der Waals surface area contributed by atoms with Gasteiger partial charge in [-0.05, 0) is 82.5 Å². The summed E-state index contributed by atoms with van der Waals surface area (Å²) in [7, 11) is 6.80. The van der Waals surface area contributed by atoms with E-state index in [4.69, 9.17) is 10.2 Å². The van der Waals surface area contributed by atoms with E-state index in [0.717, 1.165) is 31.7 Å². The van der Waals surface area contributed by atoms with Crippen LogP contribution in [-0.4, -0.2) is 101 Å². The molecule has 2 fully saturated rings. The Labute approximate surface area is 254 Å². The first kappa shape index (κ1) is 29.9. The second-order valence-corrected chi connectivity index (χ2v) is 12.8. The highest BCUT2D eigenvalue weighted by molar-refractivity contribution is 6.24. The Hall–Kier alpha value is -4.13. The number of amides is 1. The molecule has 4 aliphatic rings. The summed E-state index contributed by atoms with van der Waals surface area (Å²) in [4.78, 5) is 45.3. The number of rotatable bonds is 6. The van der Waals surface area contributed by atoms with Gasteiger partial charge in [-0.1, -0.05) is 0 Å². The maximum atomic E-state index is 14.2. The Morgan fingerprint density at radius 2 is 1.80 bits per heavy atom. The molecule has 0 radical (unpaired) electrons. The molecule has 0 spiro atoms. The van der Waals surface area contributed by atoms with Crippen molar-refractivity contribution < 1.29 is 39.2 Å². The van der Waals surface area contributed by atoms with Crippen LogP contribution in [0.3, 0.4) is 0 Å². The number of ketones is 2. The Morgan fingerprint density at radius 1 is 1.11 bits per heavy atom. The fourth-order valence-electron chi connectivity index (χ4n) is 7.65. The molecule has 3 aliphatic carbocycles. The molecule has 1 aromatic carbocycles. The lowest BCUT2D eigenvalue weighted by Gasteiger charge is -2.50. The standard InChI is InChI=1S/C32H38N4O8/c1-34(2)20-13-18(21-8-7-16(44-21)14-36-9-5-6-10-36)26(37)23-17(20)11-15-12-19-25(35(3)4)28(39)24(31(33)42)30(41)32(19,43)29(40)22(15)27(23)38/h7-8,13,15,19,25,37-38,41,43H,5-6,9-12,14H2,1-4H3,(H2,33,42)/t15-,19-,25?,32-/m1/s1. The number of hydrogen-bond donors (Lipinski definition) is 5. The second-order valence-electron chi connectivity index (χ2n) is 12.8. The molecule has 1 saturated carbocycles. The van der Waals surface area contributed by atoms with Crippen molar-refractivity contribution in [3.05, 3.63) is 52.0 Å². The van der Waals surface area contributed by atoms with Crippen molar-refractivity contribution in [3.63, 3.8) is 0 Å². The molecule has 4 atom stereocenters. The van der Waals surface area contributed by atoms with Crippen LogP contribution in [0.15, 0.2) is 39.5 Å². The number of phenols is 1. The van der Waals surface area contributed by atoms with E-state index in [0.29, 0.717) is 29.1 Å². The van der Waals surface area contributed by atoms with E-state index in [9.17, 15) is 34.8 Å². The zero-order valence-electron chi connectivity index (χ0n) is 25.3. The molecule has 2 heterocycles. The smallest absolute Gasteiger partial charge is 0.255 e. The van der Waals surface area contributed by atoms with Crippen LogP contribution in [0.25, 0.3) is 17.1 Å². The average molecular weight is 607 g/mol. The van der Waals surface area contributed by atoms with Gasteiger partial charge in [0.1, 0.15) is 34.4 Å². The van der Waals surface area contributed by atoms with Crippen molar-refractivity contribution in [1.29, 1.82) is 0 Å². The van der Waals surface area contributed by atoms with E-state index in [1.54, 1.807) is 26.2 Å². The van der Waals surface area contributed by atoms with Gasteiger partial charge < -0.3 is 35.5 Å². The molecule has 1 saturated heterocycles. The van der Waals surface area contributed by atoms with Gasteiger partial charge in [0.15, 0.2) is 11.4 Å². The highest BCUT2D eigenvalue weighted by atomic mass is 16.4. The summed E-state index contributed by atoms with van der Waals surface area (Å²) in [5.41, 5.74) is 3.32. The Balaban J connectivity index is 1.50. The minimum Gasteiger partial charge on any atom is -0.508 e. The SMILES string of the molecule is CN(C)c1cc(-c2ccc(CN3CCCC3)o2)c(O)c2c1C[C@@H]1C[C@@H]3C(N(C)C)C(=O)C(C(N)=O)=C(O)[C@]3(O)C(=O)C1=C2O. The number of anilines is 1.